The lowest BCUT2D eigenvalue weighted by molar-refractivity contribution is -0.149. The van der Waals surface area contributed by atoms with E-state index in [0.29, 0.717) is 31.2 Å². The molecule has 0 aromatic heterocycles. The van der Waals surface area contributed by atoms with E-state index in [1.54, 1.807) is 0 Å². The van der Waals surface area contributed by atoms with Crippen molar-refractivity contribution in [3.8, 4) is 0 Å². The van der Waals surface area contributed by atoms with Gasteiger partial charge < -0.3 is 10.4 Å². The average Bonchev–Trinajstić information content (AvgIpc) is 3.24. The van der Waals surface area contributed by atoms with Crippen LogP contribution in [0.25, 0.3) is 0 Å². The molecule has 20 heavy (non-hydrogen) atoms. The number of carboxylic acid groups (broad SMARTS) is 1. The van der Waals surface area contributed by atoms with E-state index in [4.69, 9.17) is 0 Å². The molecule has 110 valence electrons. The Morgan fingerprint density at radius 2 is 1.95 bits per heavy atom. The van der Waals surface area contributed by atoms with Gasteiger partial charge in [0.05, 0.1) is 5.41 Å². The van der Waals surface area contributed by atoms with Gasteiger partial charge in [-0.2, -0.15) is 0 Å². The third kappa shape index (κ3) is 3.21. The topological polar surface area (TPSA) is 49.3 Å². The molecule has 0 unspecified atom stereocenters. The van der Waals surface area contributed by atoms with Gasteiger partial charge in [-0.25, -0.2) is 0 Å². The zero-order valence-corrected chi connectivity index (χ0v) is 12.4. The van der Waals surface area contributed by atoms with Crippen LogP contribution in [0.15, 0.2) is 30.3 Å². The molecule has 2 rings (SSSR count). The minimum Gasteiger partial charge on any atom is -0.481 e. The molecular weight excluding hydrogens is 250 g/mol. The third-order valence-corrected chi connectivity index (χ3v) is 4.83. The fourth-order valence-electron chi connectivity index (χ4n) is 2.96. The van der Waals surface area contributed by atoms with Gasteiger partial charge in [0.2, 0.25) is 0 Å². The number of nitrogens with one attached hydrogen (secondary N) is 1. The summed E-state index contributed by atoms with van der Waals surface area (Å²) in [6.07, 6.45) is 2.58. The van der Waals surface area contributed by atoms with Crippen LogP contribution in [0.5, 0.6) is 0 Å². The van der Waals surface area contributed by atoms with Crippen LogP contribution in [0.3, 0.4) is 0 Å². The fraction of sp³-hybridized carbons (Fsp3) is 0.588. The number of benzene rings is 1. The number of carboxylic acids is 1. The molecule has 1 fully saturated rings. The maximum absolute atomic E-state index is 11.4. The van der Waals surface area contributed by atoms with E-state index < -0.39 is 11.4 Å². The van der Waals surface area contributed by atoms with E-state index in [1.165, 1.54) is 12.0 Å². The Labute approximate surface area is 121 Å². The lowest BCUT2D eigenvalue weighted by Gasteiger charge is -2.27. The first-order chi connectivity index (χ1) is 9.63. The summed E-state index contributed by atoms with van der Waals surface area (Å²) in [5.74, 6) is 0.647. The second-order valence-corrected chi connectivity index (χ2v) is 5.94. The maximum Gasteiger partial charge on any atom is 0.310 e. The van der Waals surface area contributed by atoms with Crippen molar-refractivity contribution in [2.45, 2.75) is 39.0 Å². The Morgan fingerprint density at radius 1 is 1.30 bits per heavy atom. The van der Waals surface area contributed by atoms with Crippen molar-refractivity contribution in [3.05, 3.63) is 35.9 Å². The second kappa shape index (κ2) is 6.40. The molecule has 1 aliphatic carbocycles. The molecule has 0 amide bonds. The summed E-state index contributed by atoms with van der Waals surface area (Å²) in [4.78, 5) is 11.4. The summed E-state index contributed by atoms with van der Waals surface area (Å²) in [6, 6.07) is 10.6. The fourth-order valence-corrected chi connectivity index (χ4v) is 2.96. The van der Waals surface area contributed by atoms with E-state index in [9.17, 15) is 9.90 Å². The van der Waals surface area contributed by atoms with Crippen molar-refractivity contribution in [2.24, 2.45) is 11.3 Å². The van der Waals surface area contributed by atoms with Crippen LogP contribution in [0.1, 0.15) is 44.6 Å². The van der Waals surface area contributed by atoms with Crippen LogP contribution < -0.4 is 5.32 Å². The zero-order valence-electron chi connectivity index (χ0n) is 12.4. The van der Waals surface area contributed by atoms with Gasteiger partial charge >= 0.3 is 5.97 Å². The van der Waals surface area contributed by atoms with Gasteiger partial charge in [0, 0.05) is 6.54 Å². The molecular formula is C17H25NO2. The number of hydrogen-bond acceptors (Lipinski definition) is 2. The molecule has 0 heterocycles. The maximum atomic E-state index is 11.4. The first-order valence-electron chi connectivity index (χ1n) is 7.62. The Kier molecular flexibility index (Phi) is 4.81. The van der Waals surface area contributed by atoms with E-state index in [1.807, 2.05) is 19.9 Å². The van der Waals surface area contributed by atoms with Gasteiger partial charge in [0.15, 0.2) is 0 Å². The predicted molar refractivity (Wildman–Crippen MR) is 80.8 cm³/mol. The van der Waals surface area contributed by atoms with Crippen LogP contribution in [-0.4, -0.2) is 24.2 Å². The molecule has 1 aromatic carbocycles. The minimum atomic E-state index is -0.676. The van der Waals surface area contributed by atoms with Crippen LogP contribution in [0.4, 0.5) is 0 Å². The van der Waals surface area contributed by atoms with Gasteiger partial charge in [0.25, 0.3) is 0 Å². The summed E-state index contributed by atoms with van der Waals surface area (Å²) in [7, 11) is 0. The Morgan fingerprint density at radius 3 is 2.50 bits per heavy atom. The molecule has 1 aliphatic rings. The normalized spacial score (nSPS) is 21.7. The highest BCUT2D eigenvalue weighted by Crippen LogP contribution is 2.46. The lowest BCUT2D eigenvalue weighted by atomic mass is 9.82. The van der Waals surface area contributed by atoms with Crippen molar-refractivity contribution >= 4 is 5.97 Å². The molecule has 1 saturated carbocycles. The standard InChI is InChI=1S/C17H25NO2/c1-3-17(4-2,16(19)20)12-18-11-14-10-15(14)13-8-6-5-7-9-13/h5-9,14-15,18H,3-4,10-12H2,1-2H3,(H,19,20)/t14-,15-/m0/s1. The molecule has 0 spiro atoms. The molecule has 1 aromatic rings. The third-order valence-electron chi connectivity index (χ3n) is 4.83. The highest BCUT2D eigenvalue weighted by atomic mass is 16.4. The van der Waals surface area contributed by atoms with Crippen LogP contribution in [0.2, 0.25) is 0 Å². The van der Waals surface area contributed by atoms with Crippen molar-refractivity contribution in [1.29, 1.82) is 0 Å². The van der Waals surface area contributed by atoms with Gasteiger partial charge in [-0.05, 0) is 43.2 Å². The number of aliphatic carboxylic acids is 1. The van der Waals surface area contributed by atoms with Crippen LogP contribution in [0, 0.1) is 11.3 Å². The van der Waals surface area contributed by atoms with Crippen molar-refractivity contribution in [2.75, 3.05) is 13.1 Å². The molecule has 0 radical (unpaired) electrons. The molecule has 0 saturated heterocycles. The highest BCUT2D eigenvalue weighted by Gasteiger charge is 2.39. The summed E-state index contributed by atoms with van der Waals surface area (Å²) < 4.78 is 0. The molecule has 2 atom stereocenters. The summed E-state index contributed by atoms with van der Waals surface area (Å²) in [5, 5.41) is 12.8. The van der Waals surface area contributed by atoms with Crippen molar-refractivity contribution in [1.82, 2.24) is 5.32 Å². The first kappa shape index (κ1) is 15.0. The van der Waals surface area contributed by atoms with E-state index in [2.05, 4.69) is 29.6 Å². The second-order valence-electron chi connectivity index (χ2n) is 5.94. The molecule has 2 N–H and O–H groups in total. The zero-order chi connectivity index (χ0) is 14.6. The van der Waals surface area contributed by atoms with E-state index >= 15 is 0 Å². The Hall–Kier alpha value is -1.35. The lowest BCUT2D eigenvalue weighted by Crippen LogP contribution is -2.40. The minimum absolute atomic E-state index is 0.577. The molecule has 3 nitrogen and oxygen atoms in total. The Balaban J connectivity index is 1.79. The Bertz CT molecular complexity index is 440. The van der Waals surface area contributed by atoms with E-state index in [-0.39, 0.29) is 0 Å². The number of rotatable bonds is 8. The average molecular weight is 275 g/mol. The first-order valence-corrected chi connectivity index (χ1v) is 7.62. The van der Waals surface area contributed by atoms with Crippen LogP contribution >= 0.6 is 0 Å². The van der Waals surface area contributed by atoms with Gasteiger partial charge in [-0.3, -0.25) is 4.79 Å². The number of hydrogen-bond donors (Lipinski definition) is 2. The van der Waals surface area contributed by atoms with Gasteiger partial charge in [-0.1, -0.05) is 44.2 Å². The van der Waals surface area contributed by atoms with E-state index in [0.717, 1.165) is 6.54 Å². The monoisotopic (exact) mass is 275 g/mol. The predicted octanol–water partition coefficient (Wildman–Crippen LogP) is 3.27. The SMILES string of the molecule is CCC(CC)(CNC[C@@H]1C[C@H]1c1ccccc1)C(=O)O. The van der Waals surface area contributed by atoms with Gasteiger partial charge in [0.1, 0.15) is 0 Å². The van der Waals surface area contributed by atoms with Crippen LogP contribution in [-0.2, 0) is 4.79 Å². The molecule has 0 bridgehead atoms. The van der Waals surface area contributed by atoms with Crippen molar-refractivity contribution in [3.63, 3.8) is 0 Å². The summed E-state index contributed by atoms with van der Waals surface area (Å²) in [6.45, 7) is 5.42. The summed E-state index contributed by atoms with van der Waals surface area (Å²) in [5.41, 5.74) is 0.812. The quantitative estimate of drug-likeness (QED) is 0.765. The molecule has 3 heteroatoms. The number of carbonyl (C=O) groups is 1. The smallest absolute Gasteiger partial charge is 0.310 e. The highest BCUT2D eigenvalue weighted by molar-refractivity contribution is 5.74. The largest absolute Gasteiger partial charge is 0.481 e. The van der Waals surface area contributed by atoms with Gasteiger partial charge in [-0.15, -0.1) is 0 Å². The van der Waals surface area contributed by atoms with Crippen molar-refractivity contribution < 1.29 is 9.90 Å². The summed E-state index contributed by atoms with van der Waals surface area (Å²) >= 11 is 0. The molecule has 0 aliphatic heterocycles.